The summed E-state index contributed by atoms with van der Waals surface area (Å²) in [4.78, 5) is 30.1. The summed E-state index contributed by atoms with van der Waals surface area (Å²) < 4.78 is 11.3. The number of carbonyl (C=O) groups is 2. The van der Waals surface area contributed by atoms with Crippen LogP contribution in [-0.2, 0) is 20.9 Å². The Kier molecular flexibility index (Phi) is 9.60. The van der Waals surface area contributed by atoms with Gasteiger partial charge in [-0.05, 0) is 56.1 Å². The summed E-state index contributed by atoms with van der Waals surface area (Å²) in [6.07, 6.45) is 5.92. The summed E-state index contributed by atoms with van der Waals surface area (Å²) in [6.45, 7) is 14.6. The molecule has 0 spiro atoms. The number of rotatable bonds is 11. The van der Waals surface area contributed by atoms with E-state index in [9.17, 15) is 9.59 Å². The molecule has 1 aromatic heterocycles. The number of carbonyl (C=O) groups excluding carboxylic acids is 2. The number of nitrogens with zero attached hydrogens (tertiary/aromatic N) is 2. The van der Waals surface area contributed by atoms with Crippen LogP contribution in [0.1, 0.15) is 79.4 Å². The molecule has 0 aliphatic carbocycles. The van der Waals surface area contributed by atoms with Crippen LogP contribution in [0, 0.1) is 11.3 Å². The lowest BCUT2D eigenvalue weighted by Gasteiger charge is -2.33. The molecule has 176 valence electrons. The van der Waals surface area contributed by atoms with Crippen LogP contribution < -0.4 is 0 Å². The highest BCUT2D eigenvalue weighted by atomic mass is 16.5. The number of hydrogen-bond acceptors (Lipinski definition) is 4. The van der Waals surface area contributed by atoms with Crippen molar-refractivity contribution in [2.45, 2.75) is 92.3 Å². The Balaban J connectivity index is 2.07. The highest BCUT2D eigenvalue weighted by Crippen LogP contribution is 2.27. The van der Waals surface area contributed by atoms with E-state index in [1.54, 1.807) is 16.1 Å². The lowest BCUT2D eigenvalue weighted by molar-refractivity contribution is -0.144. The molecule has 1 aliphatic rings. The molecule has 3 atom stereocenters. The zero-order valence-corrected chi connectivity index (χ0v) is 20.4. The number of furan rings is 1. The third kappa shape index (κ3) is 8.68. The summed E-state index contributed by atoms with van der Waals surface area (Å²) in [5.41, 5.74) is 0.178. The smallest absolute Gasteiger partial charge is 0.242 e. The zero-order chi connectivity index (χ0) is 23.0. The van der Waals surface area contributed by atoms with Crippen molar-refractivity contribution in [3.8, 4) is 0 Å². The molecule has 0 saturated carbocycles. The average molecular weight is 435 g/mol. The second kappa shape index (κ2) is 11.7. The third-order valence-electron chi connectivity index (χ3n) is 5.96. The maximum absolute atomic E-state index is 13.3. The van der Waals surface area contributed by atoms with E-state index in [1.807, 2.05) is 19.1 Å². The van der Waals surface area contributed by atoms with Gasteiger partial charge in [0.1, 0.15) is 12.3 Å². The summed E-state index contributed by atoms with van der Waals surface area (Å²) in [5, 5.41) is 0. The minimum atomic E-state index is -0.0518. The van der Waals surface area contributed by atoms with Crippen LogP contribution in [0.25, 0.3) is 0 Å². The molecule has 2 heterocycles. The Morgan fingerprint density at radius 2 is 1.97 bits per heavy atom. The number of amides is 2. The van der Waals surface area contributed by atoms with Gasteiger partial charge in [0.05, 0.1) is 18.9 Å². The molecule has 1 fully saturated rings. The van der Waals surface area contributed by atoms with E-state index in [4.69, 9.17) is 9.15 Å². The normalized spacial score (nSPS) is 18.6. The Morgan fingerprint density at radius 3 is 2.52 bits per heavy atom. The second-order valence-corrected chi connectivity index (χ2v) is 10.3. The molecule has 0 radical (unpaired) electrons. The van der Waals surface area contributed by atoms with Crippen LogP contribution in [-0.4, -0.2) is 53.5 Å². The van der Waals surface area contributed by atoms with Gasteiger partial charge in [-0.15, -0.1) is 0 Å². The summed E-state index contributed by atoms with van der Waals surface area (Å²) in [7, 11) is 0. The van der Waals surface area contributed by atoms with E-state index < -0.39 is 0 Å². The van der Waals surface area contributed by atoms with Gasteiger partial charge >= 0.3 is 0 Å². The molecule has 6 nitrogen and oxygen atoms in total. The fourth-order valence-electron chi connectivity index (χ4n) is 4.37. The molecule has 0 bridgehead atoms. The largest absolute Gasteiger partial charge is 0.467 e. The van der Waals surface area contributed by atoms with Gasteiger partial charge in [-0.25, -0.2) is 0 Å². The summed E-state index contributed by atoms with van der Waals surface area (Å²) in [5.74, 6) is 1.03. The maximum atomic E-state index is 13.3. The van der Waals surface area contributed by atoms with Crippen molar-refractivity contribution >= 4 is 11.8 Å². The van der Waals surface area contributed by atoms with E-state index in [2.05, 4.69) is 34.6 Å². The molecule has 1 aromatic rings. The minimum Gasteiger partial charge on any atom is -0.467 e. The SMILES string of the molecule is CC[C@@H](C)N(CC(=O)N(Cc1ccco1)C[C@H]1CCCO1)C(=O)C[C@@H](C)CC(C)(C)C. The van der Waals surface area contributed by atoms with Gasteiger partial charge in [-0.1, -0.05) is 34.6 Å². The highest BCUT2D eigenvalue weighted by Gasteiger charge is 2.29. The highest BCUT2D eigenvalue weighted by molar-refractivity contribution is 5.85. The van der Waals surface area contributed by atoms with E-state index in [0.717, 1.165) is 38.1 Å². The molecule has 2 rings (SSSR count). The first kappa shape index (κ1) is 25.4. The van der Waals surface area contributed by atoms with Gasteiger partial charge in [-0.2, -0.15) is 0 Å². The van der Waals surface area contributed by atoms with Crippen molar-refractivity contribution in [3.63, 3.8) is 0 Å². The monoisotopic (exact) mass is 434 g/mol. The van der Waals surface area contributed by atoms with Crippen molar-refractivity contribution in [1.82, 2.24) is 9.80 Å². The lowest BCUT2D eigenvalue weighted by Crippen LogP contribution is -2.48. The molecule has 1 aliphatic heterocycles. The first-order chi connectivity index (χ1) is 14.6. The van der Waals surface area contributed by atoms with Crippen molar-refractivity contribution < 1.29 is 18.7 Å². The zero-order valence-electron chi connectivity index (χ0n) is 20.4. The molecule has 0 aromatic carbocycles. The standard InChI is InChI=1S/C25H42N2O4/c1-7-20(3)27(23(28)14-19(2)15-25(4,5)6)18-24(29)26(16-21-10-8-12-30-21)17-22-11-9-13-31-22/h8,10,12,19-20,22H,7,9,11,13-18H2,1-6H3/t19-,20-,22-/m1/s1. The average Bonchev–Trinajstić information content (AvgIpc) is 3.37. The first-order valence-corrected chi connectivity index (χ1v) is 11.8. The predicted octanol–water partition coefficient (Wildman–Crippen LogP) is 4.88. The van der Waals surface area contributed by atoms with Crippen molar-refractivity contribution in [3.05, 3.63) is 24.2 Å². The lowest BCUT2D eigenvalue weighted by atomic mass is 9.84. The molecule has 0 N–H and O–H groups in total. The third-order valence-corrected chi connectivity index (χ3v) is 5.96. The first-order valence-electron chi connectivity index (χ1n) is 11.8. The fourth-order valence-corrected chi connectivity index (χ4v) is 4.37. The van der Waals surface area contributed by atoms with Crippen LogP contribution >= 0.6 is 0 Å². The minimum absolute atomic E-state index is 0.0199. The molecule has 6 heteroatoms. The molecule has 0 unspecified atom stereocenters. The van der Waals surface area contributed by atoms with E-state index in [0.29, 0.717) is 19.5 Å². The fraction of sp³-hybridized carbons (Fsp3) is 0.760. The van der Waals surface area contributed by atoms with E-state index in [1.165, 1.54) is 0 Å². The van der Waals surface area contributed by atoms with Gasteiger partial charge in [0.2, 0.25) is 11.8 Å². The number of ether oxygens (including phenoxy) is 1. The molecular weight excluding hydrogens is 392 g/mol. The van der Waals surface area contributed by atoms with Crippen molar-refractivity contribution in [1.29, 1.82) is 0 Å². The van der Waals surface area contributed by atoms with Gasteiger partial charge < -0.3 is 19.0 Å². The topological polar surface area (TPSA) is 63.0 Å². The Hall–Kier alpha value is -1.82. The molecular formula is C25H42N2O4. The second-order valence-electron chi connectivity index (χ2n) is 10.3. The quantitative estimate of drug-likeness (QED) is 0.498. The Labute approximate surface area is 188 Å². The van der Waals surface area contributed by atoms with Gasteiger partial charge in [0.15, 0.2) is 0 Å². The Morgan fingerprint density at radius 1 is 1.23 bits per heavy atom. The van der Waals surface area contributed by atoms with Crippen LogP contribution in [0.3, 0.4) is 0 Å². The molecule has 1 saturated heterocycles. The van der Waals surface area contributed by atoms with Crippen LogP contribution in [0.5, 0.6) is 0 Å². The van der Waals surface area contributed by atoms with Gasteiger partial charge in [0, 0.05) is 25.6 Å². The van der Waals surface area contributed by atoms with Crippen LogP contribution in [0.15, 0.2) is 22.8 Å². The van der Waals surface area contributed by atoms with E-state index >= 15 is 0 Å². The summed E-state index contributed by atoms with van der Waals surface area (Å²) in [6, 6.07) is 3.73. The Bertz CT molecular complexity index is 674. The molecule has 31 heavy (non-hydrogen) atoms. The predicted molar refractivity (Wildman–Crippen MR) is 122 cm³/mol. The van der Waals surface area contributed by atoms with Crippen LogP contribution in [0.2, 0.25) is 0 Å². The van der Waals surface area contributed by atoms with E-state index in [-0.39, 0.29) is 41.8 Å². The maximum Gasteiger partial charge on any atom is 0.242 e. The summed E-state index contributed by atoms with van der Waals surface area (Å²) >= 11 is 0. The van der Waals surface area contributed by atoms with Crippen LogP contribution in [0.4, 0.5) is 0 Å². The van der Waals surface area contributed by atoms with Crippen molar-refractivity contribution in [2.24, 2.45) is 11.3 Å². The number of hydrogen-bond donors (Lipinski definition) is 0. The van der Waals surface area contributed by atoms with Gasteiger partial charge in [0.25, 0.3) is 0 Å². The van der Waals surface area contributed by atoms with Crippen molar-refractivity contribution in [2.75, 3.05) is 19.7 Å². The van der Waals surface area contributed by atoms with Gasteiger partial charge in [-0.3, -0.25) is 9.59 Å². The molecule has 2 amide bonds.